The van der Waals surface area contributed by atoms with Crippen LogP contribution in [0, 0.1) is 32.1 Å². The van der Waals surface area contributed by atoms with Crippen LogP contribution < -0.4 is 11.1 Å². The van der Waals surface area contributed by atoms with E-state index in [0.29, 0.717) is 13.2 Å². The van der Waals surface area contributed by atoms with E-state index in [9.17, 15) is 10.1 Å². The Morgan fingerprint density at radius 2 is 2.00 bits per heavy atom. The number of anilines is 3. The van der Waals surface area contributed by atoms with Gasteiger partial charge in [0.1, 0.15) is 11.6 Å². The van der Waals surface area contributed by atoms with Gasteiger partial charge in [-0.25, -0.2) is 4.79 Å². The highest BCUT2D eigenvalue weighted by Gasteiger charge is 2.16. The number of methoxy groups -OCH3 is 1. The van der Waals surface area contributed by atoms with Crippen molar-refractivity contribution in [2.24, 2.45) is 0 Å². The van der Waals surface area contributed by atoms with Gasteiger partial charge in [0.2, 0.25) is 11.9 Å². The van der Waals surface area contributed by atoms with Gasteiger partial charge in [-0.3, -0.25) is 0 Å². The van der Waals surface area contributed by atoms with E-state index >= 15 is 0 Å². The van der Waals surface area contributed by atoms with Crippen LogP contribution >= 0.6 is 0 Å². The number of hydrogen-bond donors (Lipinski definition) is 2. The van der Waals surface area contributed by atoms with Crippen LogP contribution in [0.15, 0.2) is 35.9 Å². The SMILES string of the molecule is COCCn1c(C)cc(C=C(C#N)C(=O)OCc2nc(N)nc(Nc3ccccc3C)n2)c1C. The number of para-hydroxylation sites is 1. The molecule has 0 saturated carbocycles. The minimum absolute atomic E-state index is 0.0170. The van der Waals surface area contributed by atoms with Gasteiger partial charge in [-0.05, 0) is 50.1 Å². The monoisotopic (exact) mass is 461 g/mol. The highest BCUT2D eigenvalue weighted by molar-refractivity contribution is 5.98. The van der Waals surface area contributed by atoms with Crippen LogP contribution in [0.5, 0.6) is 0 Å². The average Bonchev–Trinajstić information content (AvgIpc) is 3.07. The fourth-order valence-corrected chi connectivity index (χ4v) is 3.39. The Hall–Kier alpha value is -4.23. The molecule has 0 aliphatic rings. The zero-order valence-corrected chi connectivity index (χ0v) is 19.6. The topological polar surface area (TPSA) is 141 Å². The smallest absolute Gasteiger partial charge is 0.349 e. The van der Waals surface area contributed by atoms with Gasteiger partial charge in [-0.2, -0.15) is 20.2 Å². The van der Waals surface area contributed by atoms with Gasteiger partial charge >= 0.3 is 5.97 Å². The molecule has 1 aromatic carbocycles. The summed E-state index contributed by atoms with van der Waals surface area (Å²) in [6.45, 7) is 6.79. The highest BCUT2D eigenvalue weighted by Crippen LogP contribution is 2.20. The Morgan fingerprint density at radius 3 is 2.71 bits per heavy atom. The molecule has 0 saturated heterocycles. The Balaban J connectivity index is 1.73. The van der Waals surface area contributed by atoms with Gasteiger partial charge in [-0.15, -0.1) is 0 Å². The van der Waals surface area contributed by atoms with Crippen molar-refractivity contribution < 1.29 is 14.3 Å². The maximum atomic E-state index is 12.6. The van der Waals surface area contributed by atoms with Crippen LogP contribution in [-0.2, 0) is 27.4 Å². The average molecular weight is 462 g/mol. The van der Waals surface area contributed by atoms with Gasteiger partial charge in [0.05, 0.1) is 6.61 Å². The third-order valence-corrected chi connectivity index (χ3v) is 5.19. The van der Waals surface area contributed by atoms with Crippen molar-refractivity contribution in [1.29, 1.82) is 5.26 Å². The van der Waals surface area contributed by atoms with E-state index < -0.39 is 5.97 Å². The number of carbonyl (C=O) groups excluding carboxylic acids is 1. The lowest BCUT2D eigenvalue weighted by molar-refractivity contribution is -0.139. The molecule has 0 unspecified atom stereocenters. The lowest BCUT2D eigenvalue weighted by Crippen LogP contribution is -2.12. The largest absolute Gasteiger partial charge is 0.453 e. The fraction of sp³-hybridized carbons (Fsp3) is 0.292. The molecule has 0 aliphatic carbocycles. The number of aryl methyl sites for hydroxylation is 2. The molecular formula is C24H27N7O3. The normalized spacial score (nSPS) is 11.2. The molecule has 0 amide bonds. The van der Waals surface area contributed by atoms with Crippen molar-refractivity contribution in [3.8, 4) is 6.07 Å². The molecule has 0 fully saturated rings. The summed E-state index contributed by atoms with van der Waals surface area (Å²) in [4.78, 5) is 24.9. The standard InChI is InChI=1S/C24H27N7O3/c1-15-7-5-6-8-20(15)27-24-29-21(28-23(26)30-24)14-34-22(32)19(13-25)12-18-11-16(2)31(17(18)3)9-10-33-4/h5-8,11-12H,9-10,14H2,1-4H3,(H3,26,27,28,29,30). The van der Waals surface area contributed by atoms with Crippen LogP contribution in [0.3, 0.4) is 0 Å². The molecule has 176 valence electrons. The first-order chi connectivity index (χ1) is 16.3. The van der Waals surface area contributed by atoms with E-state index in [4.69, 9.17) is 15.2 Å². The number of rotatable bonds is 9. The summed E-state index contributed by atoms with van der Waals surface area (Å²) in [5.74, 6) is -0.410. The van der Waals surface area contributed by atoms with Gasteiger partial charge in [-0.1, -0.05) is 18.2 Å². The fourth-order valence-electron chi connectivity index (χ4n) is 3.39. The van der Waals surface area contributed by atoms with Crippen LogP contribution in [0.1, 0.15) is 28.3 Å². The summed E-state index contributed by atoms with van der Waals surface area (Å²) in [6.07, 6.45) is 1.51. The molecule has 34 heavy (non-hydrogen) atoms. The van der Waals surface area contributed by atoms with Crippen LogP contribution in [0.25, 0.3) is 6.08 Å². The van der Waals surface area contributed by atoms with E-state index in [-0.39, 0.29) is 29.9 Å². The highest BCUT2D eigenvalue weighted by atomic mass is 16.5. The first-order valence-electron chi connectivity index (χ1n) is 10.6. The Labute approximate surface area is 198 Å². The van der Waals surface area contributed by atoms with Gasteiger partial charge in [0.15, 0.2) is 12.4 Å². The van der Waals surface area contributed by atoms with E-state index in [2.05, 4.69) is 24.8 Å². The second-order valence-corrected chi connectivity index (χ2v) is 7.59. The Morgan fingerprint density at radius 1 is 1.24 bits per heavy atom. The van der Waals surface area contributed by atoms with Gasteiger partial charge in [0, 0.05) is 30.7 Å². The molecule has 0 atom stereocenters. The van der Waals surface area contributed by atoms with Gasteiger partial charge in [0.25, 0.3) is 0 Å². The van der Waals surface area contributed by atoms with Crippen LogP contribution in [0.4, 0.5) is 17.6 Å². The molecular weight excluding hydrogens is 434 g/mol. The number of nitrogens with one attached hydrogen (secondary N) is 1. The van der Waals surface area contributed by atoms with E-state index in [1.165, 1.54) is 6.08 Å². The second kappa shape index (κ2) is 11.1. The third-order valence-electron chi connectivity index (χ3n) is 5.19. The number of nitriles is 1. The maximum absolute atomic E-state index is 12.6. The molecule has 0 radical (unpaired) electrons. The van der Waals surface area contributed by atoms with Crippen molar-refractivity contribution in [2.45, 2.75) is 33.9 Å². The number of ether oxygens (including phenoxy) is 2. The predicted molar refractivity (Wildman–Crippen MR) is 128 cm³/mol. The van der Waals surface area contributed by atoms with Crippen molar-refractivity contribution in [2.75, 3.05) is 24.8 Å². The summed E-state index contributed by atoms with van der Waals surface area (Å²) in [5.41, 5.74) is 10.2. The zero-order chi connectivity index (χ0) is 24.7. The summed E-state index contributed by atoms with van der Waals surface area (Å²) in [6, 6.07) is 11.4. The van der Waals surface area contributed by atoms with Crippen molar-refractivity contribution in [3.05, 3.63) is 64.2 Å². The molecule has 3 aromatic rings. The Kier molecular flexibility index (Phi) is 7.95. The Bertz CT molecular complexity index is 1260. The summed E-state index contributed by atoms with van der Waals surface area (Å²) in [7, 11) is 1.64. The zero-order valence-electron chi connectivity index (χ0n) is 19.6. The van der Waals surface area contributed by atoms with Crippen LogP contribution in [-0.4, -0.2) is 39.2 Å². The van der Waals surface area contributed by atoms with Crippen LogP contribution in [0.2, 0.25) is 0 Å². The molecule has 0 bridgehead atoms. The number of nitrogen functional groups attached to an aromatic ring is 1. The number of carbonyl (C=O) groups is 1. The van der Waals surface area contributed by atoms with E-state index in [1.807, 2.05) is 57.2 Å². The summed E-state index contributed by atoms with van der Waals surface area (Å²) < 4.78 is 12.5. The predicted octanol–water partition coefficient (Wildman–Crippen LogP) is 3.22. The number of benzene rings is 1. The maximum Gasteiger partial charge on any atom is 0.349 e. The summed E-state index contributed by atoms with van der Waals surface area (Å²) >= 11 is 0. The molecule has 0 spiro atoms. The van der Waals surface area contributed by atoms with E-state index in [0.717, 1.165) is 28.2 Å². The molecule has 2 heterocycles. The minimum Gasteiger partial charge on any atom is -0.453 e. The molecule has 2 aromatic heterocycles. The molecule has 10 heteroatoms. The van der Waals surface area contributed by atoms with Gasteiger partial charge < -0.3 is 25.1 Å². The number of aromatic nitrogens is 4. The first kappa shape index (κ1) is 24.4. The lowest BCUT2D eigenvalue weighted by atomic mass is 10.1. The van der Waals surface area contributed by atoms with Crippen molar-refractivity contribution >= 4 is 29.6 Å². The number of nitrogens with two attached hydrogens (primary N) is 1. The molecule has 3 rings (SSSR count). The second-order valence-electron chi connectivity index (χ2n) is 7.59. The minimum atomic E-state index is -0.781. The van der Waals surface area contributed by atoms with Crippen molar-refractivity contribution in [1.82, 2.24) is 19.5 Å². The first-order valence-corrected chi connectivity index (χ1v) is 10.6. The van der Waals surface area contributed by atoms with Crippen molar-refractivity contribution in [3.63, 3.8) is 0 Å². The third kappa shape index (κ3) is 5.96. The summed E-state index contributed by atoms with van der Waals surface area (Å²) in [5, 5.41) is 12.6. The number of esters is 1. The molecule has 10 nitrogen and oxygen atoms in total. The quantitative estimate of drug-likeness (QED) is 0.279. The molecule has 3 N–H and O–H groups in total. The molecule has 0 aliphatic heterocycles. The number of nitrogens with zero attached hydrogens (tertiary/aromatic N) is 5. The van der Waals surface area contributed by atoms with E-state index in [1.54, 1.807) is 7.11 Å². The lowest BCUT2D eigenvalue weighted by Gasteiger charge is -2.10. The number of hydrogen-bond acceptors (Lipinski definition) is 9.